The van der Waals surface area contributed by atoms with E-state index >= 15 is 0 Å². The first-order valence-corrected chi connectivity index (χ1v) is 10.3. The number of carbonyl (C=O) groups excluding carboxylic acids is 2. The molecule has 1 amide bonds. The van der Waals surface area contributed by atoms with Crippen molar-refractivity contribution in [1.82, 2.24) is 9.78 Å². The summed E-state index contributed by atoms with van der Waals surface area (Å²) in [5, 5.41) is 7.29. The first kappa shape index (κ1) is 22.1. The summed E-state index contributed by atoms with van der Waals surface area (Å²) in [5.74, 6) is -0.292. The number of anilines is 1. The van der Waals surface area contributed by atoms with Crippen molar-refractivity contribution < 1.29 is 19.1 Å². The molecule has 0 aliphatic carbocycles. The second kappa shape index (κ2) is 10.4. The first-order valence-electron chi connectivity index (χ1n) is 10.3. The number of para-hydroxylation sites is 1. The van der Waals surface area contributed by atoms with Gasteiger partial charge >= 0.3 is 5.97 Å². The number of carbonyl (C=O) groups is 2. The van der Waals surface area contributed by atoms with Gasteiger partial charge in [-0.25, -0.2) is 9.48 Å². The molecule has 7 heteroatoms. The topological polar surface area (TPSA) is 82.4 Å². The van der Waals surface area contributed by atoms with Crippen LogP contribution in [-0.4, -0.2) is 34.9 Å². The van der Waals surface area contributed by atoms with Crippen molar-refractivity contribution in [3.05, 3.63) is 71.5 Å². The molecule has 0 fully saturated rings. The van der Waals surface area contributed by atoms with E-state index in [4.69, 9.17) is 9.47 Å². The maximum atomic E-state index is 12.4. The van der Waals surface area contributed by atoms with Gasteiger partial charge in [0.1, 0.15) is 5.75 Å². The number of rotatable bonds is 9. The van der Waals surface area contributed by atoms with Crippen LogP contribution in [0.15, 0.2) is 54.6 Å². The molecule has 0 spiro atoms. The van der Waals surface area contributed by atoms with E-state index in [1.165, 1.54) is 0 Å². The number of hydrogen-bond donors (Lipinski definition) is 1. The second-order valence-electron chi connectivity index (χ2n) is 7.14. The summed E-state index contributed by atoms with van der Waals surface area (Å²) < 4.78 is 12.5. The van der Waals surface area contributed by atoms with Crippen molar-refractivity contribution in [2.45, 2.75) is 33.6 Å². The number of aromatic nitrogens is 2. The minimum atomic E-state index is -0.566. The maximum absolute atomic E-state index is 12.4. The lowest BCUT2D eigenvalue weighted by molar-refractivity contribution is -0.119. The van der Waals surface area contributed by atoms with Crippen LogP contribution in [0.3, 0.4) is 0 Å². The lowest BCUT2D eigenvalue weighted by Gasteiger charge is -2.09. The van der Waals surface area contributed by atoms with Gasteiger partial charge in [0.15, 0.2) is 6.61 Å². The lowest BCUT2D eigenvalue weighted by Crippen LogP contribution is -2.21. The van der Waals surface area contributed by atoms with Crippen LogP contribution < -0.4 is 10.1 Å². The molecule has 0 aliphatic rings. The van der Waals surface area contributed by atoms with Gasteiger partial charge in [-0.3, -0.25) is 4.79 Å². The Labute approximate surface area is 182 Å². The normalized spacial score (nSPS) is 10.5. The number of benzene rings is 2. The molecule has 3 rings (SSSR count). The van der Waals surface area contributed by atoms with Crippen LogP contribution in [0.4, 0.5) is 5.69 Å². The fourth-order valence-electron chi connectivity index (χ4n) is 3.06. The van der Waals surface area contributed by atoms with E-state index < -0.39 is 11.9 Å². The summed E-state index contributed by atoms with van der Waals surface area (Å²) in [6.07, 6.45) is 2.03. The van der Waals surface area contributed by atoms with Crippen LogP contribution >= 0.6 is 0 Å². The predicted molar refractivity (Wildman–Crippen MR) is 119 cm³/mol. The molecule has 1 aromatic heterocycles. The zero-order chi connectivity index (χ0) is 22.2. The zero-order valence-corrected chi connectivity index (χ0v) is 18.1. The highest BCUT2D eigenvalue weighted by molar-refractivity contribution is 5.96. The smallest absolute Gasteiger partial charge is 0.338 e. The number of nitrogens with zero attached hydrogens (tertiary/aromatic N) is 2. The van der Waals surface area contributed by atoms with Gasteiger partial charge in [0.2, 0.25) is 0 Å². The van der Waals surface area contributed by atoms with Gasteiger partial charge in [-0.05, 0) is 56.7 Å². The zero-order valence-electron chi connectivity index (χ0n) is 18.1. The average Bonchev–Trinajstić information content (AvgIpc) is 3.07. The summed E-state index contributed by atoms with van der Waals surface area (Å²) in [7, 11) is 0. The average molecular weight is 421 g/mol. The molecule has 0 radical (unpaired) electrons. The molecule has 1 heterocycles. The Kier molecular flexibility index (Phi) is 7.43. The van der Waals surface area contributed by atoms with Crippen molar-refractivity contribution in [2.24, 2.45) is 0 Å². The summed E-state index contributed by atoms with van der Waals surface area (Å²) in [6, 6.07) is 16.3. The minimum Gasteiger partial charge on any atom is -0.494 e. The molecule has 0 bridgehead atoms. The summed E-state index contributed by atoms with van der Waals surface area (Å²) in [4.78, 5) is 24.6. The Morgan fingerprint density at radius 1 is 1.03 bits per heavy atom. The minimum absolute atomic E-state index is 0.361. The lowest BCUT2D eigenvalue weighted by atomic mass is 10.2. The number of unbranched alkanes of at least 4 members (excludes halogenated alkanes) is 1. The van der Waals surface area contributed by atoms with Gasteiger partial charge in [-0.1, -0.05) is 31.5 Å². The monoisotopic (exact) mass is 421 g/mol. The van der Waals surface area contributed by atoms with E-state index in [9.17, 15) is 9.59 Å². The molecule has 3 aromatic rings. The van der Waals surface area contributed by atoms with Gasteiger partial charge in [-0.2, -0.15) is 5.10 Å². The Morgan fingerprint density at radius 2 is 1.74 bits per heavy atom. The summed E-state index contributed by atoms with van der Waals surface area (Å²) in [6.45, 7) is 6.04. The number of amides is 1. The highest BCUT2D eigenvalue weighted by Crippen LogP contribution is 2.22. The van der Waals surface area contributed by atoms with Crippen molar-refractivity contribution in [2.75, 3.05) is 18.5 Å². The van der Waals surface area contributed by atoms with E-state index in [0.717, 1.165) is 24.2 Å². The highest BCUT2D eigenvalue weighted by atomic mass is 16.5. The van der Waals surface area contributed by atoms with Crippen molar-refractivity contribution in [1.29, 1.82) is 0 Å². The quantitative estimate of drug-likeness (QED) is 0.407. The summed E-state index contributed by atoms with van der Waals surface area (Å²) >= 11 is 0. The van der Waals surface area contributed by atoms with E-state index in [1.54, 1.807) is 28.9 Å². The fourth-order valence-corrected chi connectivity index (χ4v) is 3.06. The van der Waals surface area contributed by atoms with E-state index in [0.29, 0.717) is 29.3 Å². The van der Waals surface area contributed by atoms with Crippen LogP contribution in [-0.2, 0) is 9.53 Å². The van der Waals surface area contributed by atoms with Gasteiger partial charge in [0.25, 0.3) is 5.91 Å². The Hall–Kier alpha value is -3.61. The highest BCUT2D eigenvalue weighted by Gasteiger charge is 2.16. The van der Waals surface area contributed by atoms with Crippen LogP contribution in [0.1, 0.15) is 41.5 Å². The van der Waals surface area contributed by atoms with Gasteiger partial charge in [-0.15, -0.1) is 0 Å². The second-order valence-corrected chi connectivity index (χ2v) is 7.14. The third-order valence-electron chi connectivity index (χ3n) is 4.75. The van der Waals surface area contributed by atoms with Crippen LogP contribution in [0.25, 0.3) is 5.69 Å². The molecule has 0 saturated carbocycles. The molecule has 31 heavy (non-hydrogen) atoms. The molecule has 162 valence electrons. The molecule has 0 atom stereocenters. The molecule has 0 unspecified atom stereocenters. The van der Waals surface area contributed by atoms with Crippen LogP contribution in [0, 0.1) is 13.8 Å². The molecular formula is C24H27N3O4. The predicted octanol–water partition coefficient (Wildman–Crippen LogP) is 4.46. The number of hydrogen-bond acceptors (Lipinski definition) is 5. The number of aryl methyl sites for hydroxylation is 1. The van der Waals surface area contributed by atoms with Crippen LogP contribution in [0.5, 0.6) is 5.75 Å². The number of esters is 1. The number of ether oxygens (including phenoxy) is 2. The molecule has 0 aliphatic heterocycles. The summed E-state index contributed by atoms with van der Waals surface area (Å²) in [5.41, 5.74) is 3.34. The third kappa shape index (κ3) is 5.72. The van der Waals surface area contributed by atoms with Crippen LogP contribution in [0.2, 0.25) is 0 Å². The Morgan fingerprint density at radius 3 is 2.42 bits per heavy atom. The van der Waals surface area contributed by atoms with E-state index in [2.05, 4.69) is 17.3 Å². The Balaban J connectivity index is 1.56. The van der Waals surface area contributed by atoms with Crippen molar-refractivity contribution >= 4 is 17.6 Å². The van der Waals surface area contributed by atoms with E-state index in [1.807, 2.05) is 44.2 Å². The van der Waals surface area contributed by atoms with Gasteiger partial charge in [0.05, 0.1) is 34.9 Å². The third-order valence-corrected chi connectivity index (χ3v) is 4.75. The standard InChI is InChI=1S/C24H27N3O4/c1-4-5-15-30-21-13-11-19(12-14-21)24(29)31-16-22(28)25-23-17(2)26-27(18(23)3)20-9-7-6-8-10-20/h6-14H,4-5,15-16H2,1-3H3,(H,25,28). The molecule has 7 nitrogen and oxygen atoms in total. The molecular weight excluding hydrogens is 394 g/mol. The van der Waals surface area contributed by atoms with Gasteiger partial charge in [0, 0.05) is 0 Å². The van der Waals surface area contributed by atoms with Gasteiger partial charge < -0.3 is 14.8 Å². The fraction of sp³-hybridized carbons (Fsp3) is 0.292. The molecule has 1 N–H and O–H groups in total. The Bertz CT molecular complexity index is 1030. The first-order chi connectivity index (χ1) is 15.0. The number of nitrogens with one attached hydrogen (secondary N) is 1. The molecule has 0 saturated heterocycles. The van der Waals surface area contributed by atoms with Crippen molar-refractivity contribution in [3.63, 3.8) is 0 Å². The SMILES string of the molecule is CCCCOc1ccc(C(=O)OCC(=O)Nc2c(C)nn(-c3ccccc3)c2C)cc1. The van der Waals surface area contributed by atoms with E-state index in [-0.39, 0.29) is 6.61 Å². The van der Waals surface area contributed by atoms with Crippen molar-refractivity contribution in [3.8, 4) is 11.4 Å². The largest absolute Gasteiger partial charge is 0.494 e. The maximum Gasteiger partial charge on any atom is 0.338 e. The molecule has 2 aromatic carbocycles.